The first kappa shape index (κ1) is 27.5. The number of hydrogen-bond donors (Lipinski definition) is 2. The van der Waals surface area contributed by atoms with Crippen LogP contribution in [0.5, 0.6) is 5.88 Å². The molecule has 0 radical (unpaired) electrons. The van der Waals surface area contributed by atoms with Gasteiger partial charge in [-0.05, 0) is 41.5 Å². The SMILES string of the molecule is CC(=O)N1CC(C)(C)c2ccc(NC(=O)c3cccnc3NCc3ccnc(OCCN4CCOCC4)c3)cc21. The maximum atomic E-state index is 13.3. The highest BCUT2D eigenvalue weighted by Gasteiger charge is 2.37. The van der Waals surface area contributed by atoms with Crippen molar-refractivity contribution in [3.63, 3.8) is 0 Å². The van der Waals surface area contributed by atoms with E-state index in [2.05, 4.69) is 39.3 Å². The zero-order valence-electron chi connectivity index (χ0n) is 23.3. The largest absolute Gasteiger partial charge is 0.476 e. The van der Waals surface area contributed by atoms with E-state index in [1.165, 1.54) is 0 Å². The number of benzene rings is 1. The van der Waals surface area contributed by atoms with Gasteiger partial charge in [0.05, 0.1) is 18.8 Å². The summed E-state index contributed by atoms with van der Waals surface area (Å²) in [6, 6.07) is 13.0. The molecule has 0 aliphatic carbocycles. The lowest BCUT2D eigenvalue weighted by Gasteiger charge is -2.26. The number of fused-ring (bicyclic) bond motifs is 1. The first-order valence-corrected chi connectivity index (χ1v) is 13.6. The van der Waals surface area contributed by atoms with Crippen molar-refractivity contribution in [2.45, 2.75) is 32.7 Å². The molecule has 2 N–H and O–H groups in total. The van der Waals surface area contributed by atoms with Crippen LogP contribution in [0.25, 0.3) is 0 Å². The zero-order valence-corrected chi connectivity index (χ0v) is 23.3. The topological polar surface area (TPSA) is 109 Å². The molecule has 2 aliphatic heterocycles. The van der Waals surface area contributed by atoms with Crippen LogP contribution >= 0.6 is 0 Å². The minimum Gasteiger partial charge on any atom is -0.476 e. The van der Waals surface area contributed by atoms with Crippen molar-refractivity contribution >= 4 is 29.0 Å². The molecule has 1 fully saturated rings. The van der Waals surface area contributed by atoms with Crippen LogP contribution in [0.15, 0.2) is 54.9 Å². The molecular formula is C30H36N6O4. The Kier molecular flexibility index (Phi) is 8.27. The van der Waals surface area contributed by atoms with Gasteiger partial charge >= 0.3 is 0 Å². The number of hydrogen-bond acceptors (Lipinski definition) is 8. The molecule has 210 valence electrons. The monoisotopic (exact) mass is 544 g/mol. The van der Waals surface area contributed by atoms with Gasteiger partial charge < -0.3 is 25.0 Å². The summed E-state index contributed by atoms with van der Waals surface area (Å²) in [5.74, 6) is 0.727. The first-order valence-electron chi connectivity index (χ1n) is 13.6. The molecule has 0 saturated carbocycles. The van der Waals surface area contributed by atoms with Crippen molar-refractivity contribution in [3.05, 3.63) is 71.5 Å². The second kappa shape index (κ2) is 12.0. The Morgan fingerprint density at radius 3 is 2.70 bits per heavy atom. The quantitative estimate of drug-likeness (QED) is 0.420. The Hall–Kier alpha value is -4.02. The number of nitrogens with zero attached hydrogens (tertiary/aromatic N) is 4. The number of ether oxygens (including phenoxy) is 2. The average Bonchev–Trinajstić information content (AvgIpc) is 3.23. The number of morpholine rings is 1. The minimum atomic E-state index is -0.288. The molecule has 10 nitrogen and oxygen atoms in total. The van der Waals surface area contributed by atoms with Crippen LogP contribution in [0.4, 0.5) is 17.2 Å². The Bertz CT molecular complexity index is 1370. The van der Waals surface area contributed by atoms with Crippen LogP contribution in [0.3, 0.4) is 0 Å². The number of anilines is 3. The predicted molar refractivity (Wildman–Crippen MR) is 154 cm³/mol. The van der Waals surface area contributed by atoms with Crippen molar-refractivity contribution in [2.75, 3.05) is 61.5 Å². The standard InChI is InChI=1S/C30H36N6O4/c1-21(37)36-20-30(2,3)25-7-6-23(18-26(25)36)34-29(38)24-5-4-9-32-28(24)33-19-22-8-10-31-27(17-22)40-16-13-35-11-14-39-15-12-35/h4-10,17-18H,11-16,19-20H2,1-3H3,(H,32,33)(H,34,38). The molecule has 0 spiro atoms. The lowest BCUT2D eigenvalue weighted by atomic mass is 9.87. The molecule has 4 heterocycles. The number of amides is 2. The number of pyridine rings is 2. The average molecular weight is 545 g/mol. The lowest BCUT2D eigenvalue weighted by Crippen LogP contribution is -2.38. The number of nitrogens with one attached hydrogen (secondary N) is 2. The molecule has 10 heteroatoms. The van der Waals surface area contributed by atoms with E-state index in [0.29, 0.717) is 42.6 Å². The highest BCUT2D eigenvalue weighted by atomic mass is 16.5. The van der Waals surface area contributed by atoms with Gasteiger partial charge in [0, 0.05) is 74.9 Å². The summed E-state index contributed by atoms with van der Waals surface area (Å²) in [5.41, 5.74) is 3.77. The van der Waals surface area contributed by atoms with E-state index in [0.717, 1.165) is 49.7 Å². The second-order valence-electron chi connectivity index (χ2n) is 10.7. The van der Waals surface area contributed by atoms with E-state index in [1.807, 2.05) is 30.3 Å². The Labute approximate surface area is 234 Å². The van der Waals surface area contributed by atoms with Crippen LogP contribution < -0.4 is 20.3 Å². The van der Waals surface area contributed by atoms with Gasteiger partial charge in [0.2, 0.25) is 11.8 Å². The number of rotatable bonds is 9. The Morgan fingerprint density at radius 1 is 1.07 bits per heavy atom. The van der Waals surface area contributed by atoms with Gasteiger partial charge in [-0.1, -0.05) is 19.9 Å². The van der Waals surface area contributed by atoms with Gasteiger partial charge in [-0.25, -0.2) is 9.97 Å². The molecule has 3 aromatic rings. The van der Waals surface area contributed by atoms with Gasteiger partial charge in [0.25, 0.3) is 5.91 Å². The van der Waals surface area contributed by atoms with Crippen molar-refractivity contribution in [1.29, 1.82) is 0 Å². The normalized spacial score (nSPS) is 16.3. The van der Waals surface area contributed by atoms with E-state index >= 15 is 0 Å². The Morgan fingerprint density at radius 2 is 1.90 bits per heavy atom. The van der Waals surface area contributed by atoms with Gasteiger partial charge in [0.15, 0.2) is 0 Å². The third kappa shape index (κ3) is 6.40. The predicted octanol–water partition coefficient (Wildman–Crippen LogP) is 3.70. The van der Waals surface area contributed by atoms with Crippen LogP contribution in [0.2, 0.25) is 0 Å². The third-order valence-electron chi connectivity index (χ3n) is 7.28. The maximum Gasteiger partial charge on any atom is 0.259 e. The highest BCUT2D eigenvalue weighted by molar-refractivity contribution is 6.08. The van der Waals surface area contributed by atoms with Crippen molar-refractivity contribution in [1.82, 2.24) is 14.9 Å². The molecule has 1 saturated heterocycles. The molecule has 0 unspecified atom stereocenters. The van der Waals surface area contributed by atoms with Crippen LogP contribution in [-0.2, 0) is 21.5 Å². The molecule has 40 heavy (non-hydrogen) atoms. The van der Waals surface area contributed by atoms with E-state index in [9.17, 15) is 9.59 Å². The van der Waals surface area contributed by atoms with E-state index in [-0.39, 0.29) is 17.2 Å². The first-order chi connectivity index (χ1) is 19.3. The summed E-state index contributed by atoms with van der Waals surface area (Å²) in [4.78, 5) is 38.3. The smallest absolute Gasteiger partial charge is 0.259 e. The summed E-state index contributed by atoms with van der Waals surface area (Å²) in [6.45, 7) is 11.6. The van der Waals surface area contributed by atoms with Crippen LogP contribution in [0, 0.1) is 0 Å². The van der Waals surface area contributed by atoms with E-state index in [1.54, 1.807) is 36.4 Å². The van der Waals surface area contributed by atoms with Crippen LogP contribution in [-0.4, -0.2) is 72.7 Å². The molecule has 2 amide bonds. The van der Waals surface area contributed by atoms with Gasteiger partial charge in [0.1, 0.15) is 12.4 Å². The summed E-state index contributed by atoms with van der Waals surface area (Å²) in [5, 5.41) is 6.25. The van der Waals surface area contributed by atoms with Crippen molar-refractivity contribution < 1.29 is 19.1 Å². The number of carbonyl (C=O) groups excluding carboxylic acids is 2. The third-order valence-corrected chi connectivity index (χ3v) is 7.28. The Balaban J connectivity index is 1.21. The van der Waals surface area contributed by atoms with E-state index < -0.39 is 0 Å². The van der Waals surface area contributed by atoms with Gasteiger partial charge in [-0.15, -0.1) is 0 Å². The van der Waals surface area contributed by atoms with Crippen LogP contribution in [0.1, 0.15) is 42.3 Å². The summed E-state index contributed by atoms with van der Waals surface area (Å²) in [6.07, 6.45) is 3.36. The number of aromatic nitrogens is 2. The van der Waals surface area contributed by atoms with Gasteiger partial charge in [-0.2, -0.15) is 0 Å². The molecule has 2 aromatic heterocycles. The van der Waals surface area contributed by atoms with Crippen molar-refractivity contribution in [3.8, 4) is 5.88 Å². The molecule has 1 aromatic carbocycles. The minimum absolute atomic E-state index is 0.0178. The van der Waals surface area contributed by atoms with Gasteiger partial charge in [-0.3, -0.25) is 14.5 Å². The molecule has 5 rings (SSSR count). The maximum absolute atomic E-state index is 13.3. The summed E-state index contributed by atoms with van der Waals surface area (Å²) >= 11 is 0. The molecule has 2 aliphatic rings. The summed E-state index contributed by atoms with van der Waals surface area (Å²) < 4.78 is 11.3. The molecule has 0 bridgehead atoms. The lowest BCUT2D eigenvalue weighted by molar-refractivity contribution is -0.116. The van der Waals surface area contributed by atoms with E-state index in [4.69, 9.17) is 9.47 Å². The fraction of sp³-hybridized carbons (Fsp3) is 0.400. The summed E-state index contributed by atoms with van der Waals surface area (Å²) in [7, 11) is 0. The number of carbonyl (C=O) groups is 2. The second-order valence-corrected chi connectivity index (χ2v) is 10.7. The molecular weight excluding hydrogens is 508 g/mol. The van der Waals surface area contributed by atoms with Crippen molar-refractivity contribution in [2.24, 2.45) is 0 Å². The zero-order chi connectivity index (χ0) is 28.1. The highest BCUT2D eigenvalue weighted by Crippen LogP contribution is 2.41. The molecule has 0 atom stereocenters. The fourth-order valence-corrected chi connectivity index (χ4v) is 5.11. The fourth-order valence-electron chi connectivity index (χ4n) is 5.11.